The van der Waals surface area contributed by atoms with Crippen LogP contribution in [-0.4, -0.2) is 79.5 Å². The number of aliphatic hydroxyl groups is 1. The summed E-state index contributed by atoms with van der Waals surface area (Å²) in [4.78, 5) is 4.07. The van der Waals surface area contributed by atoms with Gasteiger partial charge in [-0.05, 0) is 0 Å². The third-order valence-corrected chi connectivity index (χ3v) is 3.22. The topological polar surface area (TPSA) is 83.9 Å². The highest BCUT2D eigenvalue weighted by molar-refractivity contribution is 7.85. The zero-order valence-electron chi connectivity index (χ0n) is 8.63. The van der Waals surface area contributed by atoms with Crippen LogP contribution in [0.15, 0.2) is 0 Å². The number of β-amino-alcohol motifs (C(OH)–C–C–N with tert-alkyl or cyclic N) is 1. The maximum absolute atomic E-state index is 10.4. The zero-order chi connectivity index (χ0) is 11.3. The summed E-state index contributed by atoms with van der Waals surface area (Å²) in [5, 5.41) is 8.72. The van der Waals surface area contributed by atoms with E-state index in [-0.39, 0.29) is 12.4 Å². The molecule has 1 aliphatic heterocycles. The molecule has 0 aromatic heterocycles. The lowest BCUT2D eigenvalue weighted by Gasteiger charge is -2.34. The van der Waals surface area contributed by atoms with Crippen molar-refractivity contribution in [2.75, 3.05) is 51.6 Å². The van der Waals surface area contributed by atoms with E-state index in [1.54, 1.807) is 0 Å². The maximum Gasteiger partial charge on any atom is 0.0958 e. The summed E-state index contributed by atoms with van der Waals surface area (Å²) >= 11 is 0. The molecule has 1 saturated heterocycles. The summed E-state index contributed by atoms with van der Waals surface area (Å²) in [6.45, 7) is 4.28. The molecule has 0 atom stereocenters. The largest absolute Gasteiger partial charge is 0.748 e. The van der Waals surface area contributed by atoms with Gasteiger partial charge in [0.15, 0.2) is 0 Å². The van der Waals surface area contributed by atoms with Gasteiger partial charge in [0.2, 0.25) is 0 Å². The summed E-state index contributed by atoms with van der Waals surface area (Å²) in [5.74, 6) is -0.312. The Labute approximate surface area is 90.2 Å². The van der Waals surface area contributed by atoms with Gasteiger partial charge in [-0.3, -0.25) is 9.80 Å². The smallest absolute Gasteiger partial charge is 0.0958 e. The molecule has 0 aliphatic carbocycles. The SMILES string of the molecule is O=S(=O)([O-])CCN1CCN(CCO)CC1. The number of rotatable bonds is 5. The molecule has 1 heterocycles. The van der Waals surface area contributed by atoms with Crippen molar-refractivity contribution >= 4 is 10.1 Å². The first-order valence-electron chi connectivity index (χ1n) is 5.00. The molecule has 0 aromatic carbocycles. The third-order valence-electron chi connectivity index (χ3n) is 2.54. The van der Waals surface area contributed by atoms with Crippen molar-refractivity contribution in [3.05, 3.63) is 0 Å². The Hall–Kier alpha value is -0.210. The summed E-state index contributed by atoms with van der Waals surface area (Å²) in [7, 11) is -4.09. The fourth-order valence-corrected chi connectivity index (χ4v) is 2.10. The van der Waals surface area contributed by atoms with E-state index in [1.165, 1.54) is 0 Å². The van der Waals surface area contributed by atoms with Gasteiger partial charge in [-0.25, -0.2) is 8.42 Å². The van der Waals surface area contributed by atoms with Crippen molar-refractivity contribution < 1.29 is 18.1 Å². The summed E-state index contributed by atoms with van der Waals surface area (Å²) in [6, 6.07) is 0. The van der Waals surface area contributed by atoms with Crippen LogP contribution < -0.4 is 0 Å². The Bertz CT molecular complexity index is 272. The van der Waals surface area contributed by atoms with Crippen molar-refractivity contribution in [2.45, 2.75) is 0 Å². The Balaban J connectivity index is 2.20. The molecule has 0 aromatic rings. The predicted octanol–water partition coefficient (Wildman–Crippen LogP) is -1.86. The van der Waals surface area contributed by atoms with Crippen LogP contribution in [-0.2, 0) is 10.1 Å². The number of hydrogen-bond acceptors (Lipinski definition) is 6. The van der Waals surface area contributed by atoms with E-state index in [0.29, 0.717) is 13.1 Å². The molecule has 90 valence electrons. The highest BCUT2D eigenvalue weighted by Gasteiger charge is 2.16. The Morgan fingerprint density at radius 1 is 1.07 bits per heavy atom. The van der Waals surface area contributed by atoms with E-state index >= 15 is 0 Å². The molecule has 0 amide bonds. The van der Waals surface area contributed by atoms with Crippen molar-refractivity contribution in [1.82, 2.24) is 9.80 Å². The maximum atomic E-state index is 10.4. The average molecular weight is 237 g/mol. The van der Waals surface area contributed by atoms with Crippen LogP contribution in [0.25, 0.3) is 0 Å². The fraction of sp³-hybridized carbons (Fsp3) is 1.00. The second kappa shape index (κ2) is 5.76. The molecule has 6 nitrogen and oxygen atoms in total. The van der Waals surface area contributed by atoms with Gasteiger partial charge >= 0.3 is 0 Å². The van der Waals surface area contributed by atoms with Crippen molar-refractivity contribution in [2.24, 2.45) is 0 Å². The van der Waals surface area contributed by atoms with Crippen LogP contribution in [0.1, 0.15) is 0 Å². The normalized spacial score (nSPS) is 20.7. The molecule has 7 heteroatoms. The second-order valence-electron chi connectivity index (χ2n) is 3.67. The molecular weight excluding hydrogens is 220 g/mol. The number of aliphatic hydroxyl groups excluding tert-OH is 1. The first-order valence-corrected chi connectivity index (χ1v) is 6.58. The minimum atomic E-state index is -4.09. The van der Waals surface area contributed by atoms with Gasteiger partial charge < -0.3 is 9.66 Å². The van der Waals surface area contributed by atoms with E-state index in [9.17, 15) is 13.0 Å². The lowest BCUT2D eigenvalue weighted by Crippen LogP contribution is -2.48. The lowest BCUT2D eigenvalue weighted by molar-refractivity contribution is 0.116. The zero-order valence-corrected chi connectivity index (χ0v) is 9.45. The minimum Gasteiger partial charge on any atom is -0.748 e. The lowest BCUT2D eigenvalue weighted by atomic mass is 10.3. The molecule has 15 heavy (non-hydrogen) atoms. The molecule has 0 saturated carbocycles. The summed E-state index contributed by atoms with van der Waals surface area (Å²) < 4.78 is 31.2. The van der Waals surface area contributed by atoms with Crippen LogP contribution in [0.4, 0.5) is 0 Å². The molecule has 1 N–H and O–H groups in total. The second-order valence-corrected chi connectivity index (χ2v) is 5.19. The fourth-order valence-electron chi connectivity index (χ4n) is 1.62. The van der Waals surface area contributed by atoms with Crippen LogP contribution in [0.3, 0.4) is 0 Å². The molecule has 1 rings (SSSR count). The first-order chi connectivity index (χ1) is 7.01. The van der Waals surface area contributed by atoms with Crippen LogP contribution in [0, 0.1) is 0 Å². The molecule has 0 unspecified atom stereocenters. The highest BCUT2D eigenvalue weighted by Crippen LogP contribution is 2.01. The molecule has 1 aliphatic rings. The molecule has 0 bridgehead atoms. The average Bonchev–Trinajstić information content (AvgIpc) is 2.16. The van der Waals surface area contributed by atoms with Gasteiger partial charge in [0.25, 0.3) is 0 Å². The first kappa shape index (κ1) is 12.9. The predicted molar refractivity (Wildman–Crippen MR) is 54.5 cm³/mol. The van der Waals surface area contributed by atoms with Gasteiger partial charge in [-0.1, -0.05) is 0 Å². The molecular formula is C8H17N2O4S-. The van der Waals surface area contributed by atoms with Gasteiger partial charge in [-0.2, -0.15) is 0 Å². The number of nitrogens with zero attached hydrogens (tertiary/aromatic N) is 2. The van der Waals surface area contributed by atoms with Crippen LogP contribution in [0.5, 0.6) is 0 Å². The molecule has 1 fully saturated rings. The molecule has 0 radical (unpaired) electrons. The van der Waals surface area contributed by atoms with Gasteiger partial charge in [0.1, 0.15) is 0 Å². The van der Waals surface area contributed by atoms with Crippen molar-refractivity contribution in [1.29, 1.82) is 0 Å². The summed E-state index contributed by atoms with van der Waals surface area (Å²) in [6.07, 6.45) is 0. The van der Waals surface area contributed by atoms with E-state index < -0.39 is 10.1 Å². The Morgan fingerprint density at radius 2 is 1.53 bits per heavy atom. The Kier molecular flexibility index (Phi) is 4.94. The van der Waals surface area contributed by atoms with Gasteiger partial charge in [-0.15, -0.1) is 0 Å². The van der Waals surface area contributed by atoms with Crippen molar-refractivity contribution in [3.8, 4) is 0 Å². The monoisotopic (exact) mass is 237 g/mol. The summed E-state index contributed by atoms with van der Waals surface area (Å²) in [5.41, 5.74) is 0. The van der Waals surface area contributed by atoms with Crippen LogP contribution in [0.2, 0.25) is 0 Å². The van der Waals surface area contributed by atoms with E-state index in [1.807, 2.05) is 4.90 Å². The standard InChI is InChI=1S/C8H18N2O4S/c11-7-5-9-1-3-10(4-2-9)6-8-15(12,13)14/h11H,1-8H2,(H,12,13,14)/p-1. The number of hydrogen-bond donors (Lipinski definition) is 1. The highest BCUT2D eigenvalue weighted by atomic mass is 32.2. The van der Waals surface area contributed by atoms with Gasteiger partial charge in [0, 0.05) is 39.3 Å². The minimum absolute atomic E-state index is 0.148. The van der Waals surface area contributed by atoms with Crippen molar-refractivity contribution in [3.63, 3.8) is 0 Å². The third kappa shape index (κ3) is 5.43. The molecule has 0 spiro atoms. The van der Waals surface area contributed by atoms with Gasteiger partial charge in [0.05, 0.1) is 22.5 Å². The van der Waals surface area contributed by atoms with E-state index in [4.69, 9.17) is 5.11 Å². The van der Waals surface area contributed by atoms with Crippen LogP contribution >= 0.6 is 0 Å². The van der Waals surface area contributed by atoms with E-state index in [2.05, 4.69) is 4.90 Å². The Morgan fingerprint density at radius 3 is 1.93 bits per heavy atom. The number of piperazine rings is 1. The quantitative estimate of drug-likeness (QED) is 0.565. The van der Waals surface area contributed by atoms with E-state index in [0.717, 1.165) is 26.2 Å².